The van der Waals surface area contributed by atoms with Crippen LogP contribution in [0.25, 0.3) is 11.4 Å². The molecule has 0 N–H and O–H groups in total. The van der Waals surface area contributed by atoms with Crippen LogP contribution < -0.4 is 0 Å². The van der Waals surface area contributed by atoms with Gasteiger partial charge in [0.25, 0.3) is 0 Å². The molecule has 1 amide bonds. The van der Waals surface area contributed by atoms with Crippen LogP contribution in [0.3, 0.4) is 0 Å². The molecule has 0 bridgehead atoms. The SMILES string of the molecule is C=CCN(Cc1nc(-c2ccc(C)cc2)no1)C(=O)Cc1ccc(Cl)cc1. The van der Waals surface area contributed by atoms with Crippen LogP contribution in [0.5, 0.6) is 0 Å². The molecule has 3 rings (SSSR count). The quantitative estimate of drug-likeness (QED) is 0.567. The molecular formula is C21H20ClN3O2. The van der Waals surface area contributed by atoms with E-state index in [9.17, 15) is 4.79 Å². The van der Waals surface area contributed by atoms with Crippen molar-refractivity contribution in [3.63, 3.8) is 0 Å². The second-order valence-electron chi connectivity index (χ2n) is 6.24. The van der Waals surface area contributed by atoms with Crippen molar-refractivity contribution in [3.8, 4) is 11.4 Å². The first-order chi connectivity index (χ1) is 13.0. The second kappa shape index (κ2) is 8.64. The smallest absolute Gasteiger partial charge is 0.246 e. The van der Waals surface area contributed by atoms with Gasteiger partial charge in [0, 0.05) is 17.1 Å². The van der Waals surface area contributed by atoms with Crippen LogP contribution in [0.1, 0.15) is 17.0 Å². The Kier molecular flexibility index (Phi) is 6.04. The summed E-state index contributed by atoms with van der Waals surface area (Å²) in [4.78, 5) is 18.7. The van der Waals surface area contributed by atoms with Gasteiger partial charge in [-0.1, -0.05) is 64.8 Å². The Morgan fingerprint density at radius 1 is 1.19 bits per heavy atom. The van der Waals surface area contributed by atoms with Gasteiger partial charge in [0.15, 0.2) is 0 Å². The zero-order valence-electron chi connectivity index (χ0n) is 15.1. The Balaban J connectivity index is 1.70. The first-order valence-corrected chi connectivity index (χ1v) is 8.95. The van der Waals surface area contributed by atoms with Gasteiger partial charge in [0.05, 0.1) is 6.42 Å². The molecule has 3 aromatic rings. The number of halogens is 1. The third kappa shape index (κ3) is 5.05. The fourth-order valence-electron chi connectivity index (χ4n) is 2.60. The largest absolute Gasteiger partial charge is 0.337 e. The van der Waals surface area contributed by atoms with Crippen molar-refractivity contribution >= 4 is 17.5 Å². The van der Waals surface area contributed by atoms with Crippen LogP contribution in [0.15, 0.2) is 65.7 Å². The molecule has 0 atom stereocenters. The van der Waals surface area contributed by atoms with E-state index in [-0.39, 0.29) is 18.9 Å². The Hall–Kier alpha value is -2.92. The minimum atomic E-state index is -0.0488. The summed E-state index contributed by atoms with van der Waals surface area (Å²) in [6.07, 6.45) is 1.95. The van der Waals surface area contributed by atoms with Crippen LogP contribution in [-0.4, -0.2) is 27.5 Å². The number of nitrogens with zero attached hydrogens (tertiary/aromatic N) is 3. The number of hydrogen-bond acceptors (Lipinski definition) is 4. The van der Waals surface area contributed by atoms with E-state index in [2.05, 4.69) is 16.7 Å². The number of benzene rings is 2. The van der Waals surface area contributed by atoms with Crippen LogP contribution in [0, 0.1) is 6.92 Å². The van der Waals surface area contributed by atoms with E-state index in [0.29, 0.717) is 23.3 Å². The van der Waals surface area contributed by atoms with Crippen molar-refractivity contribution in [1.82, 2.24) is 15.0 Å². The maximum atomic E-state index is 12.7. The van der Waals surface area contributed by atoms with Gasteiger partial charge in [-0.15, -0.1) is 6.58 Å². The van der Waals surface area contributed by atoms with E-state index >= 15 is 0 Å². The summed E-state index contributed by atoms with van der Waals surface area (Å²) in [6, 6.07) is 15.1. The predicted octanol–water partition coefficient (Wildman–Crippen LogP) is 4.46. The lowest BCUT2D eigenvalue weighted by Gasteiger charge is -2.19. The minimum absolute atomic E-state index is 0.0488. The summed E-state index contributed by atoms with van der Waals surface area (Å²) in [5, 5.41) is 4.66. The normalized spacial score (nSPS) is 10.6. The molecule has 138 valence electrons. The Labute approximate surface area is 163 Å². The molecule has 0 spiro atoms. The molecule has 1 heterocycles. The Morgan fingerprint density at radius 2 is 1.89 bits per heavy atom. The number of rotatable bonds is 7. The fourth-order valence-corrected chi connectivity index (χ4v) is 2.73. The number of amides is 1. The summed E-state index contributed by atoms with van der Waals surface area (Å²) in [6.45, 7) is 6.38. The fraction of sp³-hybridized carbons (Fsp3) is 0.190. The van der Waals surface area contributed by atoms with E-state index in [1.807, 2.05) is 43.3 Å². The molecule has 0 unspecified atom stereocenters. The van der Waals surface area contributed by atoms with E-state index in [1.165, 1.54) is 0 Å². The summed E-state index contributed by atoms with van der Waals surface area (Å²) < 4.78 is 5.34. The van der Waals surface area contributed by atoms with Gasteiger partial charge >= 0.3 is 0 Å². The van der Waals surface area contributed by atoms with Crippen molar-refractivity contribution in [2.24, 2.45) is 0 Å². The molecule has 0 aliphatic heterocycles. The second-order valence-corrected chi connectivity index (χ2v) is 6.68. The van der Waals surface area contributed by atoms with E-state index < -0.39 is 0 Å². The highest BCUT2D eigenvalue weighted by Crippen LogP contribution is 2.17. The van der Waals surface area contributed by atoms with Crippen molar-refractivity contribution < 1.29 is 9.32 Å². The van der Waals surface area contributed by atoms with Gasteiger partial charge in [0.1, 0.15) is 6.54 Å². The lowest BCUT2D eigenvalue weighted by Crippen LogP contribution is -2.32. The van der Waals surface area contributed by atoms with E-state index in [1.54, 1.807) is 23.1 Å². The molecule has 0 aliphatic rings. The predicted molar refractivity (Wildman–Crippen MR) is 105 cm³/mol. The van der Waals surface area contributed by atoms with Gasteiger partial charge in [-0.05, 0) is 24.6 Å². The Morgan fingerprint density at radius 3 is 2.56 bits per heavy atom. The summed E-state index contributed by atoms with van der Waals surface area (Å²) in [7, 11) is 0. The molecule has 0 aliphatic carbocycles. The third-order valence-electron chi connectivity index (χ3n) is 4.07. The number of aryl methyl sites for hydroxylation is 1. The lowest BCUT2D eigenvalue weighted by atomic mass is 10.1. The van der Waals surface area contributed by atoms with Crippen LogP contribution >= 0.6 is 11.6 Å². The zero-order valence-corrected chi connectivity index (χ0v) is 15.8. The van der Waals surface area contributed by atoms with Gasteiger partial charge in [-0.2, -0.15) is 4.98 Å². The molecule has 0 saturated heterocycles. The summed E-state index contributed by atoms with van der Waals surface area (Å²) >= 11 is 5.89. The monoisotopic (exact) mass is 381 g/mol. The highest BCUT2D eigenvalue weighted by molar-refractivity contribution is 6.30. The first-order valence-electron chi connectivity index (χ1n) is 8.58. The summed E-state index contributed by atoms with van der Waals surface area (Å²) in [5.41, 5.74) is 2.93. The molecule has 2 aromatic carbocycles. The number of carbonyl (C=O) groups excluding carboxylic acids is 1. The standard InChI is InChI=1S/C21H20ClN3O2/c1-3-12-25(20(26)13-16-6-10-18(22)11-7-16)14-19-23-21(24-27-19)17-8-4-15(2)5-9-17/h3-11H,1,12-14H2,2H3. The third-order valence-corrected chi connectivity index (χ3v) is 4.33. The molecule has 27 heavy (non-hydrogen) atoms. The maximum Gasteiger partial charge on any atom is 0.246 e. The van der Waals surface area contributed by atoms with Gasteiger partial charge < -0.3 is 9.42 Å². The zero-order chi connectivity index (χ0) is 19.2. The van der Waals surface area contributed by atoms with Crippen molar-refractivity contribution in [2.75, 3.05) is 6.54 Å². The summed E-state index contributed by atoms with van der Waals surface area (Å²) in [5.74, 6) is 0.845. The van der Waals surface area contributed by atoms with Crippen molar-refractivity contribution in [3.05, 3.63) is 83.2 Å². The van der Waals surface area contributed by atoms with Crippen LogP contribution in [0.4, 0.5) is 0 Å². The number of carbonyl (C=O) groups is 1. The van der Waals surface area contributed by atoms with Crippen LogP contribution in [0.2, 0.25) is 5.02 Å². The molecule has 0 radical (unpaired) electrons. The Bertz CT molecular complexity index is 917. The average Bonchev–Trinajstić information content (AvgIpc) is 3.12. The molecular weight excluding hydrogens is 362 g/mol. The lowest BCUT2D eigenvalue weighted by molar-refractivity contribution is -0.130. The molecule has 1 aromatic heterocycles. The van der Waals surface area contributed by atoms with E-state index in [4.69, 9.17) is 16.1 Å². The average molecular weight is 382 g/mol. The van der Waals surface area contributed by atoms with Gasteiger partial charge in [0.2, 0.25) is 17.6 Å². The van der Waals surface area contributed by atoms with E-state index in [0.717, 1.165) is 16.7 Å². The molecule has 6 heteroatoms. The van der Waals surface area contributed by atoms with Gasteiger partial charge in [-0.25, -0.2) is 0 Å². The van der Waals surface area contributed by atoms with Crippen LogP contribution in [-0.2, 0) is 17.8 Å². The highest BCUT2D eigenvalue weighted by Gasteiger charge is 2.17. The molecule has 5 nitrogen and oxygen atoms in total. The highest BCUT2D eigenvalue weighted by atomic mass is 35.5. The topological polar surface area (TPSA) is 59.2 Å². The van der Waals surface area contributed by atoms with Crippen molar-refractivity contribution in [2.45, 2.75) is 19.9 Å². The maximum absolute atomic E-state index is 12.7. The number of hydrogen-bond donors (Lipinski definition) is 0. The molecule has 0 fully saturated rings. The van der Waals surface area contributed by atoms with Gasteiger partial charge in [-0.3, -0.25) is 4.79 Å². The number of aromatic nitrogens is 2. The first kappa shape index (κ1) is 18.9. The molecule has 0 saturated carbocycles. The minimum Gasteiger partial charge on any atom is -0.337 e. The van der Waals surface area contributed by atoms with Crippen molar-refractivity contribution in [1.29, 1.82) is 0 Å².